The number of benzene rings is 5. The fourth-order valence-corrected chi connectivity index (χ4v) is 4.14. The Hall–Kier alpha value is -4.30. The lowest BCUT2D eigenvalue weighted by atomic mass is 9.84. The summed E-state index contributed by atoms with van der Waals surface area (Å²) in [6.07, 6.45) is 0. The lowest BCUT2D eigenvalue weighted by molar-refractivity contribution is 1.54. The first-order valence-electron chi connectivity index (χ1n) is 10.7. The van der Waals surface area contributed by atoms with Crippen molar-refractivity contribution in [3.05, 3.63) is 121 Å². The second kappa shape index (κ2) is 8.44. The number of anilines is 2. The standard InChI is InChI=1S/C30H24N2/c31-26-15-11-21(12-16-26)25-19-28(22-7-3-1-4-8-22)30(24-13-17-27(32)18-14-24)29(20-25)23-9-5-2-6-10-23/h1-20H,31-32H2. The molecule has 0 aromatic heterocycles. The molecule has 0 atom stereocenters. The van der Waals surface area contributed by atoms with Crippen molar-refractivity contribution >= 4 is 11.4 Å². The highest BCUT2D eigenvalue weighted by molar-refractivity contribution is 5.97. The highest BCUT2D eigenvalue weighted by Crippen LogP contribution is 2.43. The van der Waals surface area contributed by atoms with Gasteiger partial charge in [0.2, 0.25) is 0 Å². The molecule has 0 saturated heterocycles. The van der Waals surface area contributed by atoms with Gasteiger partial charge in [-0.15, -0.1) is 0 Å². The van der Waals surface area contributed by atoms with Crippen LogP contribution in [0.15, 0.2) is 121 Å². The SMILES string of the molecule is Nc1ccc(-c2cc(-c3ccccc3)c(-c3ccc(N)cc3)c(-c3ccccc3)c2)cc1. The van der Waals surface area contributed by atoms with Gasteiger partial charge in [-0.05, 0) is 80.9 Å². The zero-order valence-corrected chi connectivity index (χ0v) is 17.7. The fraction of sp³-hybridized carbons (Fsp3) is 0. The minimum absolute atomic E-state index is 0.759. The van der Waals surface area contributed by atoms with E-state index in [0.717, 1.165) is 28.1 Å². The molecule has 0 bridgehead atoms. The van der Waals surface area contributed by atoms with E-state index in [1.54, 1.807) is 0 Å². The first-order chi connectivity index (χ1) is 15.7. The van der Waals surface area contributed by atoms with Crippen LogP contribution in [0.25, 0.3) is 44.5 Å². The van der Waals surface area contributed by atoms with Crippen molar-refractivity contribution in [2.75, 3.05) is 11.5 Å². The van der Waals surface area contributed by atoms with Crippen LogP contribution in [0.2, 0.25) is 0 Å². The van der Waals surface area contributed by atoms with E-state index in [9.17, 15) is 0 Å². The second-order valence-corrected chi connectivity index (χ2v) is 7.92. The van der Waals surface area contributed by atoms with Crippen LogP contribution in [0.5, 0.6) is 0 Å². The Kier molecular flexibility index (Phi) is 5.19. The minimum atomic E-state index is 0.759. The molecular formula is C30H24N2. The monoisotopic (exact) mass is 412 g/mol. The van der Waals surface area contributed by atoms with Gasteiger partial charge in [0, 0.05) is 11.4 Å². The van der Waals surface area contributed by atoms with E-state index in [4.69, 9.17) is 11.5 Å². The van der Waals surface area contributed by atoms with Crippen LogP contribution in [-0.4, -0.2) is 0 Å². The third-order valence-electron chi connectivity index (χ3n) is 5.75. The number of hydrogen-bond donors (Lipinski definition) is 2. The predicted octanol–water partition coefficient (Wildman–Crippen LogP) is 7.52. The topological polar surface area (TPSA) is 52.0 Å². The lowest BCUT2D eigenvalue weighted by Crippen LogP contribution is -1.94. The largest absolute Gasteiger partial charge is 0.399 e. The van der Waals surface area contributed by atoms with E-state index in [0.29, 0.717) is 0 Å². The summed E-state index contributed by atoms with van der Waals surface area (Å²) < 4.78 is 0. The molecular weight excluding hydrogens is 388 g/mol. The van der Waals surface area contributed by atoms with E-state index in [2.05, 4.69) is 84.9 Å². The summed E-state index contributed by atoms with van der Waals surface area (Å²) in [6, 6.07) is 41.8. The maximum absolute atomic E-state index is 6.01. The molecule has 0 aliphatic heterocycles. The van der Waals surface area contributed by atoms with Gasteiger partial charge >= 0.3 is 0 Å². The van der Waals surface area contributed by atoms with Crippen LogP contribution < -0.4 is 11.5 Å². The minimum Gasteiger partial charge on any atom is -0.399 e. The molecule has 0 aliphatic carbocycles. The van der Waals surface area contributed by atoms with Crippen molar-refractivity contribution in [1.82, 2.24) is 0 Å². The Morgan fingerprint density at radius 3 is 1.19 bits per heavy atom. The summed E-state index contributed by atoms with van der Waals surface area (Å²) in [5.41, 5.74) is 22.8. The molecule has 0 aliphatic rings. The van der Waals surface area contributed by atoms with E-state index >= 15 is 0 Å². The third kappa shape index (κ3) is 3.86. The maximum Gasteiger partial charge on any atom is 0.0314 e. The van der Waals surface area contributed by atoms with Crippen LogP contribution in [0, 0.1) is 0 Å². The van der Waals surface area contributed by atoms with E-state index in [1.165, 1.54) is 27.8 Å². The molecule has 0 radical (unpaired) electrons. The van der Waals surface area contributed by atoms with Gasteiger partial charge in [-0.2, -0.15) is 0 Å². The molecule has 0 fully saturated rings. The summed E-state index contributed by atoms with van der Waals surface area (Å²) in [7, 11) is 0. The van der Waals surface area contributed by atoms with Crippen molar-refractivity contribution in [2.24, 2.45) is 0 Å². The molecule has 154 valence electrons. The van der Waals surface area contributed by atoms with Crippen LogP contribution in [0.3, 0.4) is 0 Å². The highest BCUT2D eigenvalue weighted by Gasteiger charge is 2.17. The normalized spacial score (nSPS) is 10.8. The zero-order valence-electron chi connectivity index (χ0n) is 17.7. The molecule has 5 aromatic rings. The second-order valence-electron chi connectivity index (χ2n) is 7.92. The molecule has 5 aromatic carbocycles. The average Bonchev–Trinajstić information content (AvgIpc) is 2.85. The first-order valence-corrected chi connectivity index (χ1v) is 10.7. The van der Waals surface area contributed by atoms with Gasteiger partial charge in [0.05, 0.1) is 0 Å². The van der Waals surface area contributed by atoms with Crippen molar-refractivity contribution in [3.63, 3.8) is 0 Å². The van der Waals surface area contributed by atoms with Gasteiger partial charge in [0.1, 0.15) is 0 Å². The average molecular weight is 413 g/mol. The van der Waals surface area contributed by atoms with Crippen LogP contribution in [-0.2, 0) is 0 Å². The predicted molar refractivity (Wildman–Crippen MR) is 137 cm³/mol. The zero-order chi connectivity index (χ0) is 21.9. The molecule has 2 heteroatoms. The van der Waals surface area contributed by atoms with E-state index in [-0.39, 0.29) is 0 Å². The summed E-state index contributed by atoms with van der Waals surface area (Å²) in [5.74, 6) is 0. The first kappa shape index (κ1) is 19.7. The van der Waals surface area contributed by atoms with Gasteiger partial charge in [-0.3, -0.25) is 0 Å². The molecule has 0 spiro atoms. The van der Waals surface area contributed by atoms with Crippen molar-refractivity contribution in [2.45, 2.75) is 0 Å². The molecule has 4 N–H and O–H groups in total. The molecule has 0 amide bonds. The highest BCUT2D eigenvalue weighted by atomic mass is 14.5. The van der Waals surface area contributed by atoms with Gasteiger partial charge < -0.3 is 11.5 Å². The summed E-state index contributed by atoms with van der Waals surface area (Å²) in [6.45, 7) is 0. The third-order valence-corrected chi connectivity index (χ3v) is 5.75. The fourth-order valence-electron chi connectivity index (χ4n) is 4.14. The lowest BCUT2D eigenvalue weighted by Gasteiger charge is -2.19. The quantitative estimate of drug-likeness (QED) is 0.300. The Balaban J connectivity index is 1.86. The van der Waals surface area contributed by atoms with Crippen LogP contribution in [0.1, 0.15) is 0 Å². The molecule has 2 nitrogen and oxygen atoms in total. The number of nitrogen functional groups attached to an aromatic ring is 2. The smallest absolute Gasteiger partial charge is 0.0314 e. The number of hydrogen-bond acceptors (Lipinski definition) is 2. The van der Waals surface area contributed by atoms with Gasteiger partial charge in [0.25, 0.3) is 0 Å². The van der Waals surface area contributed by atoms with Crippen LogP contribution >= 0.6 is 0 Å². The number of rotatable bonds is 4. The van der Waals surface area contributed by atoms with E-state index in [1.807, 2.05) is 36.4 Å². The van der Waals surface area contributed by atoms with Gasteiger partial charge in [-0.25, -0.2) is 0 Å². The maximum atomic E-state index is 6.01. The Morgan fingerprint density at radius 2 is 0.750 bits per heavy atom. The Labute approximate surface area is 188 Å². The Morgan fingerprint density at radius 1 is 0.344 bits per heavy atom. The van der Waals surface area contributed by atoms with Crippen molar-refractivity contribution in [1.29, 1.82) is 0 Å². The Bertz CT molecular complexity index is 1280. The van der Waals surface area contributed by atoms with Crippen molar-refractivity contribution in [3.8, 4) is 44.5 Å². The van der Waals surface area contributed by atoms with E-state index < -0.39 is 0 Å². The molecule has 0 saturated carbocycles. The summed E-state index contributed by atoms with van der Waals surface area (Å²) in [4.78, 5) is 0. The number of nitrogens with two attached hydrogens (primary N) is 2. The molecule has 0 unspecified atom stereocenters. The summed E-state index contributed by atoms with van der Waals surface area (Å²) >= 11 is 0. The van der Waals surface area contributed by atoms with Gasteiger partial charge in [0.15, 0.2) is 0 Å². The molecule has 32 heavy (non-hydrogen) atoms. The summed E-state index contributed by atoms with van der Waals surface area (Å²) in [5, 5.41) is 0. The van der Waals surface area contributed by atoms with Gasteiger partial charge in [-0.1, -0.05) is 84.9 Å². The van der Waals surface area contributed by atoms with Crippen LogP contribution in [0.4, 0.5) is 11.4 Å². The molecule has 0 heterocycles. The molecule has 5 rings (SSSR count). The van der Waals surface area contributed by atoms with Crippen molar-refractivity contribution < 1.29 is 0 Å².